The van der Waals surface area contributed by atoms with Crippen molar-refractivity contribution in [3.8, 4) is 11.5 Å². The maximum atomic E-state index is 4.36. The molecule has 2 unspecified atom stereocenters. The zero-order valence-corrected chi connectivity index (χ0v) is 12.7. The van der Waals surface area contributed by atoms with Gasteiger partial charge < -0.3 is 4.57 Å². The Labute approximate surface area is 123 Å². The van der Waals surface area contributed by atoms with E-state index in [4.69, 9.17) is 0 Å². The van der Waals surface area contributed by atoms with Crippen molar-refractivity contribution in [1.82, 2.24) is 24.7 Å². The van der Waals surface area contributed by atoms with Crippen molar-refractivity contribution in [3.63, 3.8) is 0 Å². The number of aromatic nitrogens is 5. The average Bonchev–Trinajstić information content (AvgIpc) is 3.06. The fourth-order valence-electron chi connectivity index (χ4n) is 2.68. The Morgan fingerprint density at radius 3 is 2.85 bits per heavy atom. The van der Waals surface area contributed by atoms with E-state index in [9.17, 15) is 0 Å². The Kier molecular flexibility index (Phi) is 4.00. The lowest BCUT2D eigenvalue weighted by Gasteiger charge is -2.10. The number of nitrogens with zero attached hydrogens (tertiary/aromatic N) is 5. The minimum absolute atomic E-state index is 0.675. The van der Waals surface area contributed by atoms with Crippen LogP contribution in [0.2, 0.25) is 0 Å². The smallest absolute Gasteiger partial charge is 0.191 e. The molecule has 0 bridgehead atoms. The lowest BCUT2D eigenvalue weighted by molar-refractivity contribution is 0.613. The summed E-state index contributed by atoms with van der Waals surface area (Å²) in [6, 6.07) is 0. The maximum Gasteiger partial charge on any atom is 0.191 e. The molecule has 20 heavy (non-hydrogen) atoms. The second kappa shape index (κ2) is 5.91. The van der Waals surface area contributed by atoms with Gasteiger partial charge in [-0.15, -0.1) is 10.2 Å². The molecule has 6 heteroatoms. The lowest BCUT2D eigenvalue weighted by Crippen LogP contribution is -2.04. The fourth-order valence-corrected chi connectivity index (χ4v) is 4.08. The average molecular weight is 289 g/mol. The second-order valence-electron chi connectivity index (χ2n) is 5.30. The summed E-state index contributed by atoms with van der Waals surface area (Å²) < 4.78 is 2.14. The highest BCUT2D eigenvalue weighted by molar-refractivity contribution is 7.99. The highest BCUT2D eigenvalue weighted by atomic mass is 32.2. The zero-order valence-electron chi connectivity index (χ0n) is 11.9. The van der Waals surface area contributed by atoms with Crippen molar-refractivity contribution in [2.24, 2.45) is 5.92 Å². The largest absolute Gasteiger partial charge is 0.301 e. The van der Waals surface area contributed by atoms with Crippen molar-refractivity contribution >= 4 is 11.8 Å². The highest BCUT2D eigenvalue weighted by Crippen LogP contribution is 2.37. The van der Waals surface area contributed by atoms with Crippen LogP contribution in [0.4, 0.5) is 0 Å². The zero-order chi connectivity index (χ0) is 13.9. The standard InChI is InChI=1S/C14H19N5S/c1-3-19-13(12-9-15-6-7-16-12)17-18-14(19)20-11-5-4-10(2)8-11/h6-7,9-11H,3-5,8H2,1-2H3. The van der Waals surface area contributed by atoms with Gasteiger partial charge in [-0.05, 0) is 32.1 Å². The van der Waals surface area contributed by atoms with Gasteiger partial charge in [0.2, 0.25) is 0 Å². The first-order valence-corrected chi connectivity index (χ1v) is 8.02. The fraction of sp³-hybridized carbons (Fsp3) is 0.571. The van der Waals surface area contributed by atoms with Crippen LogP contribution in [-0.2, 0) is 6.54 Å². The van der Waals surface area contributed by atoms with E-state index in [-0.39, 0.29) is 0 Å². The molecule has 0 radical (unpaired) electrons. The first-order chi connectivity index (χ1) is 9.78. The Hall–Kier alpha value is -1.43. The molecule has 2 aromatic rings. The normalized spacial score (nSPS) is 22.3. The summed E-state index contributed by atoms with van der Waals surface area (Å²) in [5, 5.41) is 10.3. The van der Waals surface area contributed by atoms with Crippen LogP contribution < -0.4 is 0 Å². The Morgan fingerprint density at radius 2 is 2.20 bits per heavy atom. The van der Waals surface area contributed by atoms with Crippen LogP contribution >= 0.6 is 11.8 Å². The number of hydrogen-bond donors (Lipinski definition) is 0. The molecule has 1 saturated carbocycles. The topological polar surface area (TPSA) is 56.5 Å². The molecule has 0 aliphatic heterocycles. The third-order valence-corrected chi connectivity index (χ3v) is 5.02. The molecule has 0 saturated heterocycles. The number of rotatable bonds is 4. The molecule has 106 valence electrons. The van der Waals surface area contributed by atoms with E-state index < -0.39 is 0 Å². The van der Waals surface area contributed by atoms with E-state index in [1.807, 2.05) is 11.8 Å². The van der Waals surface area contributed by atoms with Crippen LogP contribution in [0.25, 0.3) is 11.5 Å². The van der Waals surface area contributed by atoms with E-state index in [0.717, 1.165) is 29.1 Å². The van der Waals surface area contributed by atoms with E-state index in [1.165, 1.54) is 19.3 Å². The Morgan fingerprint density at radius 1 is 1.30 bits per heavy atom. The molecule has 5 nitrogen and oxygen atoms in total. The van der Waals surface area contributed by atoms with Crippen LogP contribution in [0, 0.1) is 5.92 Å². The van der Waals surface area contributed by atoms with Gasteiger partial charge in [0, 0.05) is 24.2 Å². The van der Waals surface area contributed by atoms with Crippen LogP contribution in [0.3, 0.4) is 0 Å². The SMILES string of the molecule is CCn1c(SC2CCC(C)C2)nnc1-c1cnccn1. The summed E-state index contributed by atoms with van der Waals surface area (Å²) in [5.41, 5.74) is 0.786. The van der Waals surface area contributed by atoms with Crippen LogP contribution in [0.15, 0.2) is 23.7 Å². The van der Waals surface area contributed by atoms with Gasteiger partial charge >= 0.3 is 0 Å². The summed E-state index contributed by atoms with van der Waals surface area (Å²) in [6.45, 7) is 5.30. The first-order valence-electron chi connectivity index (χ1n) is 7.14. The quantitative estimate of drug-likeness (QED) is 0.866. The van der Waals surface area contributed by atoms with Crippen molar-refractivity contribution in [1.29, 1.82) is 0 Å². The molecule has 2 aromatic heterocycles. The van der Waals surface area contributed by atoms with Gasteiger partial charge in [0.15, 0.2) is 11.0 Å². The minimum Gasteiger partial charge on any atom is -0.301 e. The third-order valence-electron chi connectivity index (χ3n) is 3.74. The molecule has 2 heterocycles. The molecule has 3 rings (SSSR count). The summed E-state index contributed by atoms with van der Waals surface area (Å²) in [4.78, 5) is 8.43. The van der Waals surface area contributed by atoms with Gasteiger partial charge in [-0.25, -0.2) is 4.98 Å². The molecular weight excluding hydrogens is 270 g/mol. The highest BCUT2D eigenvalue weighted by Gasteiger charge is 2.25. The van der Waals surface area contributed by atoms with Crippen molar-refractivity contribution < 1.29 is 0 Å². The van der Waals surface area contributed by atoms with E-state index in [1.54, 1.807) is 18.6 Å². The van der Waals surface area contributed by atoms with E-state index >= 15 is 0 Å². The molecule has 0 aromatic carbocycles. The Balaban J connectivity index is 1.84. The minimum atomic E-state index is 0.675. The van der Waals surface area contributed by atoms with Gasteiger partial charge in [0.25, 0.3) is 0 Å². The molecule has 1 fully saturated rings. The molecule has 2 atom stereocenters. The molecule has 0 amide bonds. The summed E-state index contributed by atoms with van der Waals surface area (Å²) in [6.07, 6.45) is 8.99. The predicted octanol–water partition coefficient (Wildman–Crippen LogP) is 3.04. The number of hydrogen-bond acceptors (Lipinski definition) is 5. The van der Waals surface area contributed by atoms with Gasteiger partial charge in [0.05, 0.1) is 6.20 Å². The Bertz CT molecular complexity index is 568. The molecule has 1 aliphatic rings. The van der Waals surface area contributed by atoms with Gasteiger partial charge in [-0.2, -0.15) is 0 Å². The lowest BCUT2D eigenvalue weighted by atomic mass is 10.1. The van der Waals surface area contributed by atoms with Crippen LogP contribution in [0.5, 0.6) is 0 Å². The third kappa shape index (κ3) is 2.70. The van der Waals surface area contributed by atoms with Crippen molar-refractivity contribution in [3.05, 3.63) is 18.6 Å². The van der Waals surface area contributed by atoms with Gasteiger partial charge in [-0.1, -0.05) is 18.7 Å². The van der Waals surface area contributed by atoms with E-state index in [2.05, 4.69) is 38.6 Å². The molecule has 0 spiro atoms. The second-order valence-corrected chi connectivity index (χ2v) is 6.57. The summed E-state index contributed by atoms with van der Waals surface area (Å²) in [5.74, 6) is 1.65. The molecular formula is C14H19N5S. The molecule has 0 N–H and O–H groups in total. The number of thioether (sulfide) groups is 1. The summed E-state index contributed by atoms with van der Waals surface area (Å²) >= 11 is 1.86. The predicted molar refractivity (Wildman–Crippen MR) is 79.4 cm³/mol. The molecule has 1 aliphatic carbocycles. The van der Waals surface area contributed by atoms with Crippen molar-refractivity contribution in [2.45, 2.75) is 50.1 Å². The monoisotopic (exact) mass is 289 g/mol. The first kappa shape index (κ1) is 13.5. The van der Waals surface area contributed by atoms with Crippen LogP contribution in [0.1, 0.15) is 33.1 Å². The summed E-state index contributed by atoms with van der Waals surface area (Å²) in [7, 11) is 0. The van der Waals surface area contributed by atoms with E-state index in [0.29, 0.717) is 5.25 Å². The van der Waals surface area contributed by atoms with Gasteiger partial charge in [0.1, 0.15) is 5.69 Å². The maximum absolute atomic E-state index is 4.36. The van der Waals surface area contributed by atoms with Crippen molar-refractivity contribution in [2.75, 3.05) is 0 Å². The van der Waals surface area contributed by atoms with Gasteiger partial charge in [-0.3, -0.25) is 4.98 Å². The van der Waals surface area contributed by atoms with Crippen LogP contribution in [-0.4, -0.2) is 30.0 Å².